The van der Waals surface area contributed by atoms with Crippen LogP contribution in [0.1, 0.15) is 62.0 Å². The van der Waals surface area contributed by atoms with E-state index in [1.165, 1.54) is 25.6 Å². The summed E-state index contributed by atoms with van der Waals surface area (Å²) in [5, 5.41) is 1.20. The van der Waals surface area contributed by atoms with Crippen LogP contribution >= 0.6 is 11.8 Å². The van der Waals surface area contributed by atoms with Gasteiger partial charge in [-0.2, -0.15) is 0 Å². The summed E-state index contributed by atoms with van der Waals surface area (Å²) >= 11 is 1.38. The quantitative estimate of drug-likeness (QED) is 0.343. The van der Waals surface area contributed by atoms with Crippen molar-refractivity contribution in [2.24, 2.45) is 0 Å². The maximum Gasteiger partial charge on any atom is 0.303 e. The first-order valence-electron chi connectivity index (χ1n) is 8.86. The zero-order valence-corrected chi connectivity index (χ0v) is 17.0. The molecule has 27 heavy (non-hydrogen) atoms. The highest BCUT2D eigenvalue weighted by Gasteiger charge is 2.44. The predicted molar refractivity (Wildman–Crippen MR) is 103 cm³/mol. The Kier molecular flexibility index (Phi) is 5.12. The molecule has 0 spiro atoms. The Hall–Kier alpha value is -2.22. The second kappa shape index (κ2) is 7.07. The van der Waals surface area contributed by atoms with E-state index in [1.54, 1.807) is 17.7 Å². The molecule has 8 heteroatoms. The van der Waals surface area contributed by atoms with Gasteiger partial charge in [0, 0.05) is 18.5 Å². The van der Waals surface area contributed by atoms with Gasteiger partial charge in [-0.1, -0.05) is 11.8 Å². The van der Waals surface area contributed by atoms with Gasteiger partial charge < -0.3 is 4.74 Å². The van der Waals surface area contributed by atoms with Crippen LogP contribution in [0.2, 0.25) is 0 Å². The van der Waals surface area contributed by atoms with E-state index < -0.39 is 5.60 Å². The first-order chi connectivity index (χ1) is 12.7. The van der Waals surface area contributed by atoms with Gasteiger partial charge in [-0.15, -0.1) is 0 Å². The molecular formula is C19H23N3O4S. The molecule has 0 N–H and O–H groups in total. The van der Waals surface area contributed by atoms with E-state index >= 15 is 0 Å². The van der Waals surface area contributed by atoms with Gasteiger partial charge in [-0.3, -0.25) is 19.0 Å². The standard InChI is InChI=1S/C19H23N3O4S/c1-10-13-9-20-18(27-5)21-16(13)22(17(25)15(10)11(2)23)14-7-6-8-19(14,4)26-12(3)24/h9,14H,6-8H2,1-5H3/t14-,19-/m0/s1. The Balaban J connectivity index is 2.38. The number of aryl methyl sites for hydroxylation is 1. The van der Waals surface area contributed by atoms with Gasteiger partial charge in [0.1, 0.15) is 11.2 Å². The lowest BCUT2D eigenvalue weighted by Crippen LogP contribution is -2.42. The summed E-state index contributed by atoms with van der Waals surface area (Å²) in [6, 6.07) is -0.389. The zero-order valence-electron chi connectivity index (χ0n) is 16.2. The van der Waals surface area contributed by atoms with Crippen LogP contribution in [0, 0.1) is 6.92 Å². The van der Waals surface area contributed by atoms with Crippen molar-refractivity contribution in [2.75, 3.05) is 6.26 Å². The minimum atomic E-state index is -0.823. The molecule has 144 valence electrons. The molecule has 1 fully saturated rings. The van der Waals surface area contributed by atoms with E-state index in [0.29, 0.717) is 34.6 Å². The van der Waals surface area contributed by atoms with E-state index in [2.05, 4.69) is 9.97 Å². The molecule has 1 saturated carbocycles. The average Bonchev–Trinajstić information content (AvgIpc) is 2.94. The molecule has 2 aromatic heterocycles. The molecule has 0 saturated heterocycles. The van der Waals surface area contributed by atoms with Gasteiger partial charge in [0.05, 0.1) is 11.6 Å². The number of pyridine rings is 1. The maximum absolute atomic E-state index is 13.3. The number of carbonyl (C=O) groups excluding carboxylic acids is 2. The van der Waals surface area contributed by atoms with Crippen LogP contribution in [0.4, 0.5) is 0 Å². The fraction of sp³-hybridized carbons (Fsp3) is 0.526. The van der Waals surface area contributed by atoms with Crippen LogP contribution in [0.5, 0.6) is 0 Å². The number of rotatable bonds is 4. The van der Waals surface area contributed by atoms with Crippen molar-refractivity contribution < 1.29 is 14.3 Å². The van der Waals surface area contributed by atoms with Gasteiger partial charge in [-0.25, -0.2) is 9.97 Å². The molecule has 1 aliphatic carbocycles. The van der Waals surface area contributed by atoms with Crippen LogP contribution in [-0.4, -0.2) is 38.1 Å². The topological polar surface area (TPSA) is 91.1 Å². The normalized spacial score (nSPS) is 22.2. The van der Waals surface area contributed by atoms with Crippen LogP contribution in [-0.2, 0) is 9.53 Å². The van der Waals surface area contributed by atoms with E-state index in [4.69, 9.17) is 4.74 Å². The summed E-state index contributed by atoms with van der Waals surface area (Å²) in [7, 11) is 0. The zero-order chi connectivity index (χ0) is 19.9. The minimum Gasteiger partial charge on any atom is -0.457 e. The van der Waals surface area contributed by atoms with Gasteiger partial charge >= 0.3 is 5.97 Å². The molecule has 2 atom stereocenters. The molecule has 1 aliphatic rings. The second-order valence-electron chi connectivity index (χ2n) is 7.14. The van der Waals surface area contributed by atoms with Gasteiger partial charge in [0.15, 0.2) is 10.9 Å². The van der Waals surface area contributed by atoms with Crippen molar-refractivity contribution in [1.29, 1.82) is 0 Å². The molecule has 0 bridgehead atoms. The van der Waals surface area contributed by atoms with Crippen molar-refractivity contribution in [3.63, 3.8) is 0 Å². The number of Topliss-reactive ketones (excluding diaryl/α,β-unsaturated/α-hetero) is 1. The lowest BCUT2D eigenvalue weighted by atomic mass is 9.97. The molecule has 0 aromatic carbocycles. The number of thioether (sulfide) groups is 1. The summed E-state index contributed by atoms with van der Waals surface area (Å²) in [5.41, 5.74) is -0.00885. The van der Waals surface area contributed by atoms with Gasteiger partial charge in [0.25, 0.3) is 5.56 Å². The number of carbonyl (C=O) groups is 2. The average molecular weight is 389 g/mol. The predicted octanol–water partition coefficient (Wildman–Crippen LogP) is 3.07. The number of hydrogen-bond acceptors (Lipinski definition) is 7. The van der Waals surface area contributed by atoms with E-state index in [1.807, 2.05) is 13.2 Å². The number of nitrogens with zero attached hydrogens (tertiary/aromatic N) is 3. The molecule has 2 heterocycles. The van der Waals surface area contributed by atoms with Crippen LogP contribution < -0.4 is 5.56 Å². The van der Waals surface area contributed by atoms with Crippen molar-refractivity contribution in [3.8, 4) is 0 Å². The third kappa shape index (κ3) is 3.26. The summed E-state index contributed by atoms with van der Waals surface area (Å²) in [6.07, 6.45) is 5.64. The molecule has 0 unspecified atom stereocenters. The number of ether oxygens (including phenoxy) is 1. The Morgan fingerprint density at radius 1 is 1.37 bits per heavy atom. The Morgan fingerprint density at radius 3 is 2.67 bits per heavy atom. The van der Waals surface area contributed by atoms with Crippen molar-refractivity contribution >= 4 is 34.5 Å². The summed E-state index contributed by atoms with van der Waals surface area (Å²) in [4.78, 5) is 46.1. The Morgan fingerprint density at radius 2 is 2.07 bits per heavy atom. The third-order valence-corrected chi connectivity index (χ3v) is 5.83. The van der Waals surface area contributed by atoms with Crippen LogP contribution in [0.3, 0.4) is 0 Å². The fourth-order valence-electron chi connectivity index (χ4n) is 4.09. The summed E-state index contributed by atoms with van der Waals surface area (Å²) in [6.45, 7) is 6.34. The van der Waals surface area contributed by atoms with Crippen LogP contribution in [0.25, 0.3) is 11.0 Å². The summed E-state index contributed by atoms with van der Waals surface area (Å²) < 4.78 is 7.18. The largest absolute Gasteiger partial charge is 0.457 e. The number of fused-ring (bicyclic) bond motifs is 1. The maximum atomic E-state index is 13.3. The van der Waals surface area contributed by atoms with E-state index in [9.17, 15) is 14.4 Å². The fourth-order valence-corrected chi connectivity index (χ4v) is 4.42. The van der Waals surface area contributed by atoms with Crippen molar-refractivity contribution in [1.82, 2.24) is 14.5 Å². The molecule has 2 aromatic rings. The number of ketones is 1. The number of hydrogen-bond donors (Lipinski definition) is 0. The molecule has 0 amide bonds. The lowest BCUT2D eigenvalue weighted by molar-refractivity contribution is -0.158. The Labute approximate surface area is 161 Å². The van der Waals surface area contributed by atoms with Crippen molar-refractivity contribution in [3.05, 3.63) is 27.7 Å². The molecule has 0 radical (unpaired) electrons. The lowest BCUT2D eigenvalue weighted by Gasteiger charge is -2.33. The first kappa shape index (κ1) is 19.5. The van der Waals surface area contributed by atoms with Gasteiger partial charge in [-0.05, 0) is 51.9 Å². The summed E-state index contributed by atoms with van der Waals surface area (Å²) in [5.74, 6) is -0.686. The SMILES string of the molecule is CSc1ncc2c(C)c(C(C)=O)c(=O)n([C@H]3CCC[C@]3(C)OC(C)=O)c2n1. The second-order valence-corrected chi connectivity index (χ2v) is 7.91. The highest BCUT2D eigenvalue weighted by molar-refractivity contribution is 7.98. The smallest absolute Gasteiger partial charge is 0.303 e. The first-order valence-corrected chi connectivity index (χ1v) is 10.1. The molecule has 0 aliphatic heterocycles. The van der Waals surface area contributed by atoms with Crippen molar-refractivity contribution in [2.45, 2.75) is 63.8 Å². The van der Waals surface area contributed by atoms with E-state index in [-0.39, 0.29) is 28.9 Å². The highest BCUT2D eigenvalue weighted by atomic mass is 32.2. The highest BCUT2D eigenvalue weighted by Crippen LogP contribution is 2.42. The van der Waals surface area contributed by atoms with Gasteiger partial charge in [0.2, 0.25) is 0 Å². The third-order valence-electron chi connectivity index (χ3n) is 5.27. The monoisotopic (exact) mass is 389 g/mol. The molecule has 3 rings (SSSR count). The van der Waals surface area contributed by atoms with Crippen LogP contribution in [0.15, 0.2) is 16.1 Å². The Bertz CT molecular complexity index is 1000. The number of aromatic nitrogens is 3. The molecular weight excluding hydrogens is 366 g/mol. The molecule has 7 nitrogen and oxygen atoms in total. The minimum absolute atomic E-state index is 0.139. The number of esters is 1. The van der Waals surface area contributed by atoms with E-state index in [0.717, 1.165) is 6.42 Å².